The lowest BCUT2D eigenvalue weighted by molar-refractivity contribution is 0.0857. The number of carbonyl (C=O) groups excluding carboxylic acids is 1. The molecule has 3 heterocycles. The van der Waals surface area contributed by atoms with Crippen LogP contribution in [-0.4, -0.2) is 46.8 Å². The van der Waals surface area contributed by atoms with Crippen LogP contribution >= 0.6 is 22.9 Å². The number of piperidine rings is 1. The van der Waals surface area contributed by atoms with E-state index >= 15 is 0 Å². The summed E-state index contributed by atoms with van der Waals surface area (Å²) >= 11 is 8.22. The smallest absolute Gasteiger partial charge is 0.229 e. The predicted octanol–water partition coefficient (Wildman–Crippen LogP) is 6.36. The van der Waals surface area contributed by atoms with E-state index < -0.39 is 0 Å². The third kappa shape index (κ3) is 5.15. The summed E-state index contributed by atoms with van der Waals surface area (Å²) in [6.45, 7) is 1.90. The minimum atomic E-state index is 0.0512. The number of hydrogen-bond donors (Lipinski definition) is 2. The lowest BCUT2D eigenvalue weighted by Crippen LogP contribution is -2.33. The highest BCUT2D eigenvalue weighted by molar-refractivity contribution is 7.17. The largest absolute Gasteiger partial charge is 0.366 e. The maximum atomic E-state index is 13.0. The number of rotatable bonds is 6. The Labute approximate surface area is 203 Å². The second-order valence-corrected chi connectivity index (χ2v) is 10.6. The van der Waals surface area contributed by atoms with Crippen LogP contribution in [0.5, 0.6) is 0 Å². The van der Waals surface area contributed by atoms with Crippen LogP contribution in [0.4, 0.5) is 17.5 Å². The van der Waals surface area contributed by atoms with Gasteiger partial charge in [-0.05, 0) is 75.5 Å². The average molecular weight is 484 g/mol. The molecule has 2 fully saturated rings. The van der Waals surface area contributed by atoms with Gasteiger partial charge in [0, 0.05) is 23.2 Å². The van der Waals surface area contributed by atoms with Gasteiger partial charge in [0.2, 0.25) is 5.95 Å². The highest BCUT2D eigenvalue weighted by Gasteiger charge is 2.26. The van der Waals surface area contributed by atoms with Gasteiger partial charge in [0.1, 0.15) is 5.82 Å². The zero-order valence-electron chi connectivity index (χ0n) is 18.9. The van der Waals surface area contributed by atoms with Crippen molar-refractivity contribution in [2.75, 3.05) is 30.8 Å². The Bertz CT molecular complexity index is 1140. The lowest BCUT2D eigenvalue weighted by atomic mass is 9.89. The van der Waals surface area contributed by atoms with Crippen LogP contribution in [0.15, 0.2) is 29.6 Å². The summed E-state index contributed by atoms with van der Waals surface area (Å²) in [5, 5.41) is 9.48. The van der Waals surface area contributed by atoms with Gasteiger partial charge < -0.3 is 15.5 Å². The van der Waals surface area contributed by atoms with Gasteiger partial charge in [0.15, 0.2) is 5.78 Å². The SMILES string of the molecule is CN1CCC(C(=O)c2ccc(Nc3nc(NC4CCCCC4)c4sccc4n3)cc2Cl)CC1. The predicted molar refractivity (Wildman–Crippen MR) is 137 cm³/mol. The van der Waals surface area contributed by atoms with Gasteiger partial charge >= 0.3 is 0 Å². The number of likely N-dealkylation sites (tertiary alicyclic amines) is 1. The molecule has 3 aromatic rings. The first-order chi connectivity index (χ1) is 16.1. The quantitative estimate of drug-likeness (QED) is 0.397. The molecular formula is C25H30ClN5OS. The van der Waals surface area contributed by atoms with E-state index in [1.807, 2.05) is 18.2 Å². The highest BCUT2D eigenvalue weighted by atomic mass is 35.5. The highest BCUT2D eigenvalue weighted by Crippen LogP contribution is 2.32. The van der Waals surface area contributed by atoms with Crippen LogP contribution in [0.25, 0.3) is 10.2 Å². The molecule has 0 spiro atoms. The Balaban J connectivity index is 1.34. The maximum Gasteiger partial charge on any atom is 0.229 e. The summed E-state index contributed by atoms with van der Waals surface area (Å²) < 4.78 is 1.09. The fourth-order valence-electron chi connectivity index (χ4n) is 4.87. The van der Waals surface area contributed by atoms with E-state index in [0.717, 1.165) is 47.7 Å². The number of hydrogen-bond acceptors (Lipinski definition) is 7. The number of halogens is 1. The Kier molecular flexibility index (Phi) is 6.81. The number of thiophene rings is 1. The zero-order chi connectivity index (χ0) is 22.8. The van der Waals surface area contributed by atoms with Crippen molar-refractivity contribution in [1.29, 1.82) is 0 Å². The Morgan fingerprint density at radius 3 is 2.64 bits per heavy atom. The molecule has 6 nitrogen and oxygen atoms in total. The van der Waals surface area contributed by atoms with Crippen LogP contribution < -0.4 is 10.6 Å². The number of ketones is 1. The van der Waals surface area contributed by atoms with E-state index in [9.17, 15) is 4.79 Å². The summed E-state index contributed by atoms with van der Waals surface area (Å²) in [4.78, 5) is 24.7. The number of carbonyl (C=O) groups is 1. The van der Waals surface area contributed by atoms with Crippen molar-refractivity contribution in [3.63, 3.8) is 0 Å². The van der Waals surface area contributed by atoms with Crippen LogP contribution in [0, 0.1) is 5.92 Å². The van der Waals surface area contributed by atoms with Gasteiger partial charge in [-0.1, -0.05) is 30.9 Å². The molecule has 8 heteroatoms. The number of fused-ring (bicyclic) bond motifs is 1. The summed E-state index contributed by atoms with van der Waals surface area (Å²) in [6.07, 6.45) is 7.99. The van der Waals surface area contributed by atoms with Crippen molar-refractivity contribution in [2.24, 2.45) is 5.92 Å². The van der Waals surface area contributed by atoms with E-state index in [0.29, 0.717) is 22.6 Å². The van der Waals surface area contributed by atoms with Gasteiger partial charge in [-0.15, -0.1) is 11.3 Å². The number of benzene rings is 1. The monoisotopic (exact) mass is 483 g/mol. The molecule has 1 aliphatic heterocycles. The van der Waals surface area contributed by atoms with Crippen molar-refractivity contribution in [1.82, 2.24) is 14.9 Å². The molecular weight excluding hydrogens is 454 g/mol. The summed E-state index contributed by atoms with van der Waals surface area (Å²) in [5.41, 5.74) is 2.31. The van der Waals surface area contributed by atoms with Crippen LogP contribution in [0.3, 0.4) is 0 Å². The first-order valence-electron chi connectivity index (χ1n) is 11.9. The third-order valence-electron chi connectivity index (χ3n) is 6.83. The van der Waals surface area contributed by atoms with Crippen LogP contribution in [0.2, 0.25) is 5.02 Å². The topological polar surface area (TPSA) is 70.2 Å². The normalized spacial score (nSPS) is 18.5. The van der Waals surface area contributed by atoms with Crippen molar-refractivity contribution in [3.8, 4) is 0 Å². The molecule has 2 aliphatic rings. The molecule has 174 valence electrons. The minimum Gasteiger partial charge on any atom is -0.366 e. The van der Waals surface area contributed by atoms with Crippen molar-refractivity contribution in [3.05, 3.63) is 40.2 Å². The van der Waals surface area contributed by atoms with Gasteiger partial charge in [-0.3, -0.25) is 4.79 Å². The Morgan fingerprint density at radius 2 is 1.88 bits per heavy atom. The summed E-state index contributed by atoms with van der Waals surface area (Å²) in [6, 6.07) is 8.01. The molecule has 0 atom stereocenters. The van der Waals surface area contributed by atoms with E-state index in [1.165, 1.54) is 32.1 Å². The van der Waals surface area contributed by atoms with Crippen molar-refractivity contribution >= 4 is 56.4 Å². The van der Waals surface area contributed by atoms with Gasteiger partial charge in [0.05, 0.1) is 15.2 Å². The zero-order valence-corrected chi connectivity index (χ0v) is 20.5. The molecule has 2 aromatic heterocycles. The van der Waals surface area contributed by atoms with E-state index in [-0.39, 0.29) is 11.7 Å². The summed E-state index contributed by atoms with van der Waals surface area (Å²) in [5.74, 6) is 1.62. The molecule has 0 bridgehead atoms. The number of nitrogens with zero attached hydrogens (tertiary/aromatic N) is 3. The first kappa shape index (κ1) is 22.6. The standard InChI is InChI=1S/C25H30ClN5OS/c1-31-12-9-16(10-13-31)22(32)19-8-7-18(15-20(19)26)28-25-29-21-11-14-33-23(21)24(30-25)27-17-5-3-2-4-6-17/h7-8,11,14-17H,2-6,9-10,12-13H2,1H3,(H2,27,28,29,30). The number of Topliss-reactive ketones (excluding diaryl/α,β-unsaturated/α-hetero) is 1. The van der Waals surface area contributed by atoms with E-state index in [1.54, 1.807) is 17.4 Å². The van der Waals surface area contributed by atoms with Crippen LogP contribution in [0.1, 0.15) is 55.3 Å². The minimum absolute atomic E-state index is 0.0512. The molecule has 2 N–H and O–H groups in total. The first-order valence-corrected chi connectivity index (χ1v) is 13.1. The number of aromatic nitrogens is 2. The number of anilines is 3. The van der Waals surface area contributed by atoms with Gasteiger partial charge in [-0.25, -0.2) is 4.98 Å². The van der Waals surface area contributed by atoms with E-state index in [2.05, 4.69) is 32.9 Å². The average Bonchev–Trinajstić information content (AvgIpc) is 3.29. The molecule has 5 rings (SSSR count). The second kappa shape index (κ2) is 9.95. The number of nitrogens with one attached hydrogen (secondary N) is 2. The molecule has 1 saturated heterocycles. The third-order valence-corrected chi connectivity index (χ3v) is 8.05. The Hall–Kier alpha value is -2.22. The molecule has 0 unspecified atom stereocenters. The molecule has 0 amide bonds. The van der Waals surface area contributed by atoms with Gasteiger partial charge in [-0.2, -0.15) is 4.98 Å². The molecule has 1 saturated carbocycles. The molecule has 33 heavy (non-hydrogen) atoms. The second-order valence-electron chi connectivity index (χ2n) is 9.27. The fraction of sp³-hybridized carbons (Fsp3) is 0.480. The maximum absolute atomic E-state index is 13.0. The Morgan fingerprint density at radius 1 is 1.09 bits per heavy atom. The van der Waals surface area contributed by atoms with Crippen LogP contribution in [-0.2, 0) is 0 Å². The van der Waals surface area contributed by atoms with Crippen molar-refractivity contribution in [2.45, 2.75) is 51.0 Å². The molecule has 1 aliphatic carbocycles. The molecule has 0 radical (unpaired) electrons. The fourth-order valence-corrected chi connectivity index (χ4v) is 5.93. The lowest BCUT2D eigenvalue weighted by Gasteiger charge is -2.28. The van der Waals surface area contributed by atoms with Gasteiger partial charge in [0.25, 0.3) is 0 Å². The molecule has 1 aromatic carbocycles. The summed E-state index contributed by atoms with van der Waals surface area (Å²) in [7, 11) is 2.10. The van der Waals surface area contributed by atoms with E-state index in [4.69, 9.17) is 16.6 Å². The van der Waals surface area contributed by atoms with Crippen molar-refractivity contribution < 1.29 is 4.79 Å².